The normalized spacial score (nSPS) is 12.5. The van der Waals surface area contributed by atoms with Gasteiger partial charge in [-0.05, 0) is 68.5 Å². The van der Waals surface area contributed by atoms with Crippen molar-refractivity contribution in [3.8, 4) is 23.0 Å². The topological polar surface area (TPSA) is 126 Å². The smallest absolute Gasteiger partial charge is 0.231 e. The number of halogens is 2. The predicted octanol–water partition coefficient (Wildman–Crippen LogP) is 4.14. The number of pyridine rings is 1. The largest absolute Gasteiger partial charge is 0.378 e. The van der Waals surface area contributed by atoms with Gasteiger partial charge in [0.15, 0.2) is 5.82 Å². The minimum absolute atomic E-state index is 0.00207. The van der Waals surface area contributed by atoms with Crippen molar-refractivity contribution in [2.45, 2.75) is 45.8 Å². The van der Waals surface area contributed by atoms with Crippen LogP contribution in [0.5, 0.6) is 0 Å². The molecule has 9 nitrogen and oxygen atoms in total. The van der Waals surface area contributed by atoms with Gasteiger partial charge in [-0.25, -0.2) is 22.2 Å². The summed E-state index contributed by atoms with van der Waals surface area (Å²) in [6.45, 7) is 6.21. The molecule has 0 saturated carbocycles. The van der Waals surface area contributed by atoms with E-state index in [0.29, 0.717) is 39.0 Å². The molecule has 2 heterocycles. The highest BCUT2D eigenvalue weighted by atomic mass is 32.2. The number of rotatable bonds is 7. The Labute approximate surface area is 243 Å². The maximum atomic E-state index is 14.1. The highest BCUT2D eigenvalue weighted by Crippen LogP contribution is 2.38. The number of hydrogen-bond donors (Lipinski definition) is 3. The number of aryl methyl sites for hydroxylation is 2. The first-order chi connectivity index (χ1) is 19.5. The number of nitrogens with zero attached hydrogens (tertiary/aromatic N) is 3. The van der Waals surface area contributed by atoms with Crippen LogP contribution in [0.15, 0.2) is 42.5 Å². The molecule has 0 aliphatic carbocycles. The number of aliphatic hydroxyl groups is 1. The van der Waals surface area contributed by atoms with Gasteiger partial charge in [-0.1, -0.05) is 18.1 Å². The van der Waals surface area contributed by atoms with Crippen LogP contribution in [0, 0.1) is 30.4 Å². The zero-order chi connectivity index (χ0) is 31.0. The summed E-state index contributed by atoms with van der Waals surface area (Å²) in [6, 6.07) is 9.34. The van der Waals surface area contributed by atoms with Gasteiger partial charge in [-0.15, -0.1) is 0 Å². The first kappa shape index (κ1) is 30.6. The first-order valence-corrected chi connectivity index (χ1v) is 14.8. The number of sulfonamides is 1. The molecule has 42 heavy (non-hydrogen) atoms. The highest BCUT2D eigenvalue weighted by molar-refractivity contribution is 7.92. The van der Waals surface area contributed by atoms with E-state index in [4.69, 9.17) is 4.98 Å². The van der Waals surface area contributed by atoms with Crippen LogP contribution in [-0.2, 0) is 28.3 Å². The molecule has 0 spiro atoms. The second kappa shape index (κ2) is 11.5. The Morgan fingerprint density at radius 2 is 1.76 bits per heavy atom. The Morgan fingerprint density at radius 1 is 1.12 bits per heavy atom. The van der Waals surface area contributed by atoms with Crippen molar-refractivity contribution in [2.24, 2.45) is 7.05 Å². The zero-order valence-corrected chi connectivity index (χ0v) is 24.8. The van der Waals surface area contributed by atoms with Crippen molar-refractivity contribution in [1.29, 1.82) is 0 Å². The van der Waals surface area contributed by atoms with E-state index in [-0.39, 0.29) is 12.2 Å². The Morgan fingerprint density at radius 3 is 2.36 bits per heavy atom. The highest BCUT2D eigenvalue weighted by Gasteiger charge is 2.25. The lowest BCUT2D eigenvalue weighted by molar-refractivity contribution is -0.119. The zero-order valence-electron chi connectivity index (χ0n) is 24.0. The molecule has 0 fully saturated rings. The SMILES string of the molecule is CC(=O)N[C@@H](Cc1cc(F)cc(F)c1)c1nc(C#CC(C)(C)O)ccc1-c1ccc(C)c2c(NS(C)(=O)=O)nn(C)c12. The van der Waals surface area contributed by atoms with E-state index in [1.807, 2.05) is 19.1 Å². The summed E-state index contributed by atoms with van der Waals surface area (Å²) in [6.07, 6.45) is 1.04. The van der Waals surface area contributed by atoms with Gasteiger partial charge >= 0.3 is 0 Å². The van der Waals surface area contributed by atoms with E-state index < -0.39 is 39.2 Å². The molecule has 0 aliphatic heterocycles. The third-order valence-corrected chi connectivity index (χ3v) is 6.82. The summed E-state index contributed by atoms with van der Waals surface area (Å²) < 4.78 is 56.3. The van der Waals surface area contributed by atoms with Crippen LogP contribution in [0.25, 0.3) is 22.0 Å². The third kappa shape index (κ3) is 7.29. The molecule has 0 aliphatic rings. The predicted molar refractivity (Wildman–Crippen MR) is 157 cm³/mol. The Bertz CT molecular complexity index is 1850. The van der Waals surface area contributed by atoms with E-state index in [2.05, 4.69) is 27.0 Å². The average Bonchev–Trinajstić information content (AvgIpc) is 3.16. The number of nitrogens with one attached hydrogen (secondary N) is 2. The van der Waals surface area contributed by atoms with Crippen LogP contribution in [0.3, 0.4) is 0 Å². The van der Waals surface area contributed by atoms with Gasteiger partial charge in [-0.2, -0.15) is 5.10 Å². The molecular formula is C30H31F2N5O4S. The number of carbonyl (C=O) groups excluding carboxylic acids is 1. The number of anilines is 1. The molecule has 1 amide bonds. The Balaban J connectivity index is 2.00. The average molecular weight is 596 g/mol. The number of benzene rings is 2. The molecule has 0 unspecified atom stereocenters. The third-order valence-electron chi connectivity index (χ3n) is 6.26. The van der Waals surface area contributed by atoms with Crippen molar-refractivity contribution in [3.63, 3.8) is 0 Å². The number of carbonyl (C=O) groups is 1. The van der Waals surface area contributed by atoms with Crippen LogP contribution < -0.4 is 10.0 Å². The Kier molecular flexibility index (Phi) is 8.39. The fourth-order valence-corrected chi connectivity index (χ4v) is 5.22. The fraction of sp³-hybridized carbons (Fsp3) is 0.300. The van der Waals surface area contributed by atoms with E-state index in [1.165, 1.54) is 32.9 Å². The molecule has 0 saturated heterocycles. The standard InChI is InChI=1S/C30H31F2N5O4S/c1-17-7-9-24(28-26(17)29(35-37(28)5)36-42(6,40)41)23-10-8-22(11-12-30(3,4)39)34-27(23)25(33-18(2)38)15-19-13-20(31)16-21(32)14-19/h7-10,13-14,16,25,39H,15H2,1-6H3,(H,33,38)(H,35,36)/t25-/m0/s1. The molecule has 220 valence electrons. The number of hydrogen-bond acceptors (Lipinski definition) is 6. The van der Waals surface area contributed by atoms with Crippen molar-refractivity contribution in [1.82, 2.24) is 20.1 Å². The van der Waals surface area contributed by atoms with Crippen molar-refractivity contribution in [3.05, 3.63) is 76.6 Å². The molecule has 2 aromatic carbocycles. The molecule has 2 aromatic heterocycles. The summed E-state index contributed by atoms with van der Waals surface area (Å²) in [5, 5.41) is 18.0. The monoisotopic (exact) mass is 595 g/mol. The summed E-state index contributed by atoms with van der Waals surface area (Å²) >= 11 is 0. The summed E-state index contributed by atoms with van der Waals surface area (Å²) in [7, 11) is -1.96. The number of aromatic nitrogens is 3. The molecule has 1 atom stereocenters. The van der Waals surface area contributed by atoms with Crippen LogP contribution in [-0.4, -0.2) is 46.1 Å². The van der Waals surface area contributed by atoms with Crippen LogP contribution in [0.1, 0.15) is 49.3 Å². The number of amides is 1. The fourth-order valence-electron chi connectivity index (χ4n) is 4.72. The van der Waals surface area contributed by atoms with Gasteiger partial charge in [-0.3, -0.25) is 14.2 Å². The van der Waals surface area contributed by atoms with Gasteiger partial charge in [0.25, 0.3) is 0 Å². The van der Waals surface area contributed by atoms with E-state index in [1.54, 1.807) is 23.9 Å². The summed E-state index contributed by atoms with van der Waals surface area (Å²) in [5.74, 6) is 3.80. The van der Waals surface area contributed by atoms with Gasteiger partial charge < -0.3 is 10.4 Å². The van der Waals surface area contributed by atoms with E-state index >= 15 is 0 Å². The maximum absolute atomic E-state index is 14.1. The summed E-state index contributed by atoms with van der Waals surface area (Å²) in [4.78, 5) is 17.1. The number of fused-ring (bicyclic) bond motifs is 1. The van der Waals surface area contributed by atoms with Gasteiger partial charge in [0, 0.05) is 36.6 Å². The van der Waals surface area contributed by atoms with Crippen molar-refractivity contribution in [2.75, 3.05) is 11.0 Å². The van der Waals surface area contributed by atoms with E-state index in [0.717, 1.165) is 17.9 Å². The van der Waals surface area contributed by atoms with Crippen molar-refractivity contribution < 1.29 is 27.1 Å². The van der Waals surface area contributed by atoms with E-state index in [9.17, 15) is 27.1 Å². The second-order valence-corrected chi connectivity index (χ2v) is 12.4. The molecular weight excluding hydrogens is 564 g/mol. The molecule has 12 heteroatoms. The second-order valence-electron chi connectivity index (χ2n) is 10.7. The maximum Gasteiger partial charge on any atom is 0.231 e. The van der Waals surface area contributed by atoms with Crippen LogP contribution >= 0.6 is 0 Å². The minimum atomic E-state index is -3.63. The van der Waals surface area contributed by atoms with Gasteiger partial charge in [0.1, 0.15) is 22.9 Å². The molecule has 4 aromatic rings. The lowest BCUT2D eigenvalue weighted by Gasteiger charge is -2.22. The van der Waals surface area contributed by atoms with Gasteiger partial charge in [0.2, 0.25) is 15.9 Å². The molecule has 4 rings (SSSR count). The first-order valence-electron chi connectivity index (χ1n) is 12.9. The lowest BCUT2D eigenvalue weighted by atomic mass is 9.93. The van der Waals surface area contributed by atoms with Gasteiger partial charge in [0.05, 0.1) is 23.5 Å². The van der Waals surface area contributed by atoms with Crippen molar-refractivity contribution >= 4 is 32.7 Å². The molecule has 0 radical (unpaired) electrons. The lowest BCUT2D eigenvalue weighted by Crippen LogP contribution is -2.29. The molecule has 3 N–H and O–H groups in total. The molecule has 0 bridgehead atoms. The van der Waals surface area contributed by atoms with Crippen LogP contribution in [0.2, 0.25) is 0 Å². The van der Waals surface area contributed by atoms with Crippen LogP contribution in [0.4, 0.5) is 14.6 Å². The summed E-state index contributed by atoms with van der Waals surface area (Å²) in [5.41, 5.74) is 2.18. The minimum Gasteiger partial charge on any atom is -0.378 e. The Hall–Kier alpha value is -4.34. The quantitative estimate of drug-likeness (QED) is 0.276.